The van der Waals surface area contributed by atoms with E-state index in [1.807, 2.05) is 32.0 Å². The number of halogens is 2. The van der Waals surface area contributed by atoms with Crippen LogP contribution in [0.4, 0.5) is 8.78 Å². The van der Waals surface area contributed by atoms with Crippen molar-refractivity contribution in [1.82, 2.24) is 19.9 Å². The Morgan fingerprint density at radius 1 is 0.761 bits per heavy atom. The molecule has 0 aliphatic heterocycles. The van der Waals surface area contributed by atoms with Gasteiger partial charge in [0.2, 0.25) is 0 Å². The van der Waals surface area contributed by atoms with Gasteiger partial charge < -0.3 is 32.9 Å². The van der Waals surface area contributed by atoms with Crippen LogP contribution in [0.25, 0.3) is 44.0 Å². The Labute approximate surface area is 270 Å². The first kappa shape index (κ1) is 33.9. The van der Waals surface area contributed by atoms with E-state index < -0.39 is 24.8 Å². The van der Waals surface area contributed by atoms with Gasteiger partial charge in [0.15, 0.2) is 0 Å². The number of alkyl halides is 2. The number of hydrogen-bond acceptors (Lipinski definition) is 6. The van der Waals surface area contributed by atoms with Gasteiger partial charge in [-0.05, 0) is 84.8 Å². The molecular weight excluding hydrogens is 582 g/mol. The second kappa shape index (κ2) is 14.1. The third-order valence-corrected chi connectivity index (χ3v) is 9.52. The Balaban J connectivity index is 1.45. The first-order valence-electron chi connectivity index (χ1n) is 16.6. The maximum absolute atomic E-state index is 14.5. The van der Waals surface area contributed by atoms with E-state index in [1.54, 1.807) is 0 Å². The minimum atomic E-state index is -3.00. The van der Waals surface area contributed by atoms with E-state index in [2.05, 4.69) is 54.1 Å². The van der Waals surface area contributed by atoms with Gasteiger partial charge in [0.1, 0.15) is 11.6 Å². The van der Waals surface area contributed by atoms with Crippen LogP contribution in [0.2, 0.25) is 0 Å². The number of nitrogens with zero attached hydrogens (tertiary/aromatic N) is 2. The number of hydrogen-bond donors (Lipinski definition) is 6. The van der Waals surface area contributed by atoms with Crippen molar-refractivity contribution in [3.05, 3.63) is 60.2 Å². The zero-order valence-corrected chi connectivity index (χ0v) is 27.5. The molecule has 2 unspecified atom stereocenters. The van der Waals surface area contributed by atoms with E-state index in [0.29, 0.717) is 24.7 Å². The van der Waals surface area contributed by atoms with Gasteiger partial charge in [-0.2, -0.15) is 0 Å². The molecule has 2 aromatic heterocycles. The second-order valence-corrected chi connectivity index (χ2v) is 13.7. The summed E-state index contributed by atoms with van der Waals surface area (Å²) >= 11 is 0. The Hall–Kier alpha value is -3.44. The van der Waals surface area contributed by atoms with Gasteiger partial charge in [-0.15, -0.1) is 0 Å². The van der Waals surface area contributed by atoms with E-state index in [1.165, 1.54) is 0 Å². The highest BCUT2D eigenvalue weighted by molar-refractivity contribution is 6.05. The summed E-state index contributed by atoms with van der Waals surface area (Å²) in [6.07, 6.45) is 2.72. The van der Waals surface area contributed by atoms with Crippen molar-refractivity contribution in [3.8, 4) is 11.1 Å². The lowest BCUT2D eigenvalue weighted by molar-refractivity contribution is -0.00717. The number of H-pyrrole nitrogens is 2. The molecule has 0 fully saturated rings. The van der Waals surface area contributed by atoms with Gasteiger partial charge in [-0.3, -0.25) is 0 Å². The zero-order valence-electron chi connectivity index (χ0n) is 27.5. The van der Waals surface area contributed by atoms with Crippen LogP contribution in [0.15, 0.2) is 48.5 Å². The fourth-order valence-electron chi connectivity index (χ4n) is 6.26. The van der Waals surface area contributed by atoms with Crippen LogP contribution in [0.3, 0.4) is 0 Å². The van der Waals surface area contributed by atoms with Crippen LogP contribution >= 0.6 is 0 Å². The van der Waals surface area contributed by atoms with Crippen molar-refractivity contribution in [2.45, 2.75) is 89.6 Å². The summed E-state index contributed by atoms with van der Waals surface area (Å²) in [7, 11) is 0. The Morgan fingerprint density at radius 3 is 2.07 bits per heavy atom. The van der Waals surface area contributed by atoms with Crippen LogP contribution in [-0.4, -0.2) is 51.0 Å². The summed E-state index contributed by atoms with van der Waals surface area (Å²) in [6, 6.07) is 16.4. The second-order valence-electron chi connectivity index (χ2n) is 13.7. The third kappa shape index (κ3) is 7.57. The quantitative estimate of drug-likeness (QED) is 0.0736. The highest BCUT2D eigenvalue weighted by atomic mass is 19.3. The predicted molar refractivity (Wildman–Crippen MR) is 186 cm³/mol. The number of rotatable bonds is 15. The highest BCUT2D eigenvalue weighted by Crippen LogP contribution is 2.36. The number of imidazole rings is 2. The number of nitrogens with one attached hydrogen (secondary N) is 2. The number of benzene rings is 3. The lowest BCUT2D eigenvalue weighted by Gasteiger charge is -2.25. The number of fused-ring (bicyclic) bond motifs is 4. The van der Waals surface area contributed by atoms with Gasteiger partial charge in [0.05, 0.1) is 28.6 Å². The summed E-state index contributed by atoms with van der Waals surface area (Å²) in [5, 5.41) is 2.15. The largest absolute Gasteiger partial charge is 0.342 e. The molecule has 10 N–H and O–H groups in total. The molecule has 5 aromatic rings. The predicted octanol–water partition coefficient (Wildman–Crippen LogP) is 6.90. The molecule has 0 saturated carbocycles. The molecule has 2 heterocycles. The van der Waals surface area contributed by atoms with Crippen molar-refractivity contribution in [2.75, 3.05) is 13.1 Å². The molecule has 5 rings (SSSR count). The van der Waals surface area contributed by atoms with Gasteiger partial charge in [-0.25, -0.2) is 18.7 Å². The molecular formula is C36H50F2N8. The third-order valence-electron chi connectivity index (χ3n) is 9.52. The molecule has 0 saturated heterocycles. The molecule has 8 nitrogen and oxygen atoms in total. The summed E-state index contributed by atoms with van der Waals surface area (Å²) < 4.78 is 28.9. The summed E-state index contributed by atoms with van der Waals surface area (Å²) in [6.45, 7) is 8.24. The van der Waals surface area contributed by atoms with Crippen LogP contribution in [0.5, 0.6) is 0 Å². The first-order chi connectivity index (χ1) is 21.9. The van der Waals surface area contributed by atoms with Crippen LogP contribution < -0.4 is 22.9 Å². The molecule has 0 aliphatic carbocycles. The maximum Gasteiger partial charge on any atom is 0.260 e. The van der Waals surface area contributed by atoms with Gasteiger partial charge in [-0.1, -0.05) is 52.0 Å². The Kier molecular flexibility index (Phi) is 10.4. The van der Waals surface area contributed by atoms with Crippen molar-refractivity contribution >= 4 is 32.8 Å². The molecule has 0 aliphatic rings. The van der Waals surface area contributed by atoms with Crippen molar-refractivity contribution in [3.63, 3.8) is 0 Å². The minimum Gasteiger partial charge on any atom is -0.342 e. The van der Waals surface area contributed by atoms with E-state index in [0.717, 1.165) is 69.1 Å². The summed E-state index contributed by atoms with van der Waals surface area (Å²) in [5.41, 5.74) is 29.5. The number of nitrogens with two attached hydrogens (primary N) is 4. The Bertz CT molecular complexity index is 1760. The van der Waals surface area contributed by atoms with Gasteiger partial charge in [0, 0.05) is 35.7 Å². The molecule has 248 valence electrons. The SMILES string of the molecule is CC(C)[C@H](N)CC(CC(F)(F)CN)c1nc2ccc(-c3ccc4c(ccc5[nH]c(C(CCCN)C[C@@H](N)C(C)C)nc54)c3)cc2[nH]1. The number of aromatic amines is 2. The first-order valence-corrected chi connectivity index (χ1v) is 16.6. The van der Waals surface area contributed by atoms with Crippen molar-refractivity contribution in [1.29, 1.82) is 0 Å². The number of aromatic nitrogens is 4. The van der Waals surface area contributed by atoms with Crippen molar-refractivity contribution in [2.24, 2.45) is 34.8 Å². The molecule has 46 heavy (non-hydrogen) atoms. The van der Waals surface area contributed by atoms with Crippen LogP contribution in [0.1, 0.15) is 83.3 Å². The standard InChI is InChI=1S/C36H50F2N8/c1-20(2)28(41)15-25(6-5-13-39)34-44-31-12-9-24-14-22(7-10-27(24)33(31)46-34)23-8-11-30-32(17-23)45-35(43-30)26(16-29(42)21(3)4)18-36(37,38)19-40/h7-12,14,17,20-21,25-26,28-29H,5-6,13,15-16,18-19,39-42H2,1-4H3,(H,43,45)(H,44,46)/t25?,26?,28-,29-/m1/s1. The van der Waals surface area contributed by atoms with Gasteiger partial charge in [0.25, 0.3) is 5.92 Å². The molecule has 10 heteroatoms. The minimum absolute atomic E-state index is 0.0916. The fourth-order valence-corrected chi connectivity index (χ4v) is 6.26. The summed E-state index contributed by atoms with van der Waals surface area (Å²) in [5.74, 6) is -1.28. The van der Waals surface area contributed by atoms with E-state index in [-0.39, 0.29) is 23.9 Å². The van der Waals surface area contributed by atoms with Crippen LogP contribution in [-0.2, 0) is 0 Å². The molecule has 0 spiro atoms. The average Bonchev–Trinajstić information content (AvgIpc) is 3.66. The Morgan fingerprint density at radius 2 is 1.39 bits per heavy atom. The smallest absolute Gasteiger partial charge is 0.260 e. The maximum atomic E-state index is 14.5. The molecule has 4 atom stereocenters. The molecule has 0 radical (unpaired) electrons. The van der Waals surface area contributed by atoms with E-state index >= 15 is 0 Å². The monoisotopic (exact) mass is 632 g/mol. The van der Waals surface area contributed by atoms with E-state index in [9.17, 15) is 8.78 Å². The normalized spacial score (nSPS) is 15.4. The fraction of sp³-hybridized carbons (Fsp3) is 0.500. The van der Waals surface area contributed by atoms with Gasteiger partial charge >= 0.3 is 0 Å². The lowest BCUT2D eigenvalue weighted by Crippen LogP contribution is -2.34. The lowest BCUT2D eigenvalue weighted by atomic mass is 9.88. The van der Waals surface area contributed by atoms with Crippen molar-refractivity contribution < 1.29 is 8.78 Å². The average molecular weight is 633 g/mol. The summed E-state index contributed by atoms with van der Waals surface area (Å²) in [4.78, 5) is 16.7. The molecule has 3 aromatic carbocycles. The topological polar surface area (TPSA) is 161 Å². The zero-order chi connectivity index (χ0) is 33.2. The van der Waals surface area contributed by atoms with E-state index in [4.69, 9.17) is 32.9 Å². The van der Waals surface area contributed by atoms with Crippen LogP contribution in [0, 0.1) is 11.8 Å². The molecule has 0 bridgehead atoms. The molecule has 0 amide bonds. The highest BCUT2D eigenvalue weighted by Gasteiger charge is 2.34.